The average Bonchev–Trinajstić information content (AvgIpc) is 3.04. The number of benzene rings is 2. The van der Waals surface area contributed by atoms with Crippen LogP contribution in [0.15, 0.2) is 60.9 Å². The summed E-state index contributed by atoms with van der Waals surface area (Å²) in [5, 5.41) is 0. The summed E-state index contributed by atoms with van der Waals surface area (Å²) in [7, 11) is 0. The van der Waals surface area contributed by atoms with Gasteiger partial charge in [-0.2, -0.15) is 0 Å². The maximum absolute atomic E-state index is 5.49. The molecule has 3 rings (SSSR count). The molecule has 3 heteroatoms. The van der Waals surface area contributed by atoms with E-state index in [4.69, 9.17) is 4.74 Å². The predicted octanol–water partition coefficient (Wildman–Crippen LogP) is 4.39. The Morgan fingerprint density at radius 1 is 0.750 bits per heavy atom. The molecule has 2 aromatic carbocycles. The zero-order valence-electron chi connectivity index (χ0n) is 14.6. The molecule has 0 radical (unpaired) electrons. The van der Waals surface area contributed by atoms with E-state index in [9.17, 15) is 0 Å². The number of ether oxygens (including phenoxy) is 1. The van der Waals surface area contributed by atoms with Crippen LogP contribution in [0.1, 0.15) is 30.5 Å². The highest BCUT2D eigenvalue weighted by Gasteiger charge is 2.12. The summed E-state index contributed by atoms with van der Waals surface area (Å²) in [5.41, 5.74) is 4.06. The summed E-state index contributed by atoms with van der Waals surface area (Å²) in [5.74, 6) is 0.940. The van der Waals surface area contributed by atoms with Gasteiger partial charge in [0.2, 0.25) is 0 Å². The van der Waals surface area contributed by atoms with Crippen LogP contribution in [-0.2, 0) is 19.5 Å². The molecule has 0 spiro atoms. The van der Waals surface area contributed by atoms with Crippen molar-refractivity contribution in [2.24, 2.45) is 0 Å². The predicted molar refractivity (Wildman–Crippen MR) is 98.5 cm³/mol. The molecule has 2 aromatic rings. The molecule has 3 nitrogen and oxygen atoms in total. The van der Waals surface area contributed by atoms with E-state index in [-0.39, 0.29) is 0 Å². The van der Waals surface area contributed by atoms with Crippen LogP contribution < -0.4 is 4.74 Å². The first-order valence-corrected chi connectivity index (χ1v) is 8.73. The lowest BCUT2D eigenvalue weighted by Crippen LogP contribution is -2.24. The van der Waals surface area contributed by atoms with Gasteiger partial charge >= 0.3 is 0 Å². The monoisotopic (exact) mass is 322 g/mol. The van der Waals surface area contributed by atoms with Crippen molar-refractivity contribution >= 4 is 0 Å². The Kier molecular flexibility index (Phi) is 5.42. The van der Waals surface area contributed by atoms with Crippen LogP contribution in [0, 0.1) is 0 Å². The zero-order valence-corrected chi connectivity index (χ0v) is 14.6. The normalized spacial score (nSPS) is 13.6. The highest BCUT2D eigenvalue weighted by Crippen LogP contribution is 2.17. The molecule has 0 atom stereocenters. The first kappa shape index (κ1) is 16.4. The molecule has 0 unspecified atom stereocenters. The third-order valence-electron chi connectivity index (χ3n) is 4.29. The van der Waals surface area contributed by atoms with Gasteiger partial charge in [-0.25, -0.2) is 0 Å². The minimum Gasteiger partial charge on any atom is -0.494 e. The lowest BCUT2D eigenvalue weighted by atomic mass is 10.1. The fourth-order valence-electron chi connectivity index (χ4n) is 2.93. The van der Waals surface area contributed by atoms with Crippen molar-refractivity contribution in [3.8, 4) is 5.75 Å². The van der Waals surface area contributed by atoms with E-state index in [0.717, 1.165) is 31.9 Å². The van der Waals surface area contributed by atoms with Gasteiger partial charge in [0.1, 0.15) is 5.75 Å². The first-order chi connectivity index (χ1) is 11.8. The van der Waals surface area contributed by atoms with Crippen molar-refractivity contribution in [2.75, 3.05) is 13.3 Å². The van der Waals surface area contributed by atoms with Gasteiger partial charge in [-0.3, -0.25) is 0 Å². The van der Waals surface area contributed by atoms with Crippen LogP contribution in [0.2, 0.25) is 0 Å². The molecule has 0 bridgehead atoms. The Hall–Kier alpha value is -2.42. The standard InChI is InChI=1S/C21H26N2O/c1-3-18-5-7-19(8-6-18)15-22-13-14-23(17-22)16-20-9-11-21(12-10-20)24-4-2/h5-14H,3-4,15-17H2,1-2H3. The second-order valence-corrected chi connectivity index (χ2v) is 6.18. The minimum atomic E-state index is 0.711. The fraction of sp³-hybridized carbons (Fsp3) is 0.333. The van der Waals surface area contributed by atoms with E-state index < -0.39 is 0 Å². The van der Waals surface area contributed by atoms with Crippen molar-refractivity contribution in [2.45, 2.75) is 33.4 Å². The summed E-state index contributed by atoms with van der Waals surface area (Å²) in [6, 6.07) is 17.3. The molecule has 0 aliphatic carbocycles. The molecule has 0 aromatic heterocycles. The van der Waals surface area contributed by atoms with Gasteiger partial charge in [-0.15, -0.1) is 0 Å². The van der Waals surface area contributed by atoms with E-state index >= 15 is 0 Å². The molecule has 1 heterocycles. The highest BCUT2D eigenvalue weighted by atomic mass is 16.5. The van der Waals surface area contributed by atoms with Gasteiger partial charge in [0.25, 0.3) is 0 Å². The summed E-state index contributed by atoms with van der Waals surface area (Å²) < 4.78 is 5.49. The molecule has 0 saturated heterocycles. The molecule has 0 fully saturated rings. The smallest absolute Gasteiger partial charge is 0.119 e. The number of nitrogens with zero attached hydrogens (tertiary/aromatic N) is 2. The van der Waals surface area contributed by atoms with Crippen LogP contribution in [-0.4, -0.2) is 23.1 Å². The third-order valence-corrected chi connectivity index (χ3v) is 4.29. The SMILES string of the molecule is CCOc1ccc(CN2C=CN(Cc3ccc(CC)cc3)C2)cc1. The minimum absolute atomic E-state index is 0.711. The quantitative estimate of drug-likeness (QED) is 0.752. The van der Waals surface area contributed by atoms with Crippen molar-refractivity contribution in [1.82, 2.24) is 9.80 Å². The molecular formula is C21H26N2O. The maximum atomic E-state index is 5.49. The van der Waals surface area contributed by atoms with Gasteiger partial charge in [-0.1, -0.05) is 43.3 Å². The Morgan fingerprint density at radius 3 is 1.75 bits per heavy atom. The third kappa shape index (κ3) is 4.31. The molecule has 1 aliphatic rings. The van der Waals surface area contributed by atoms with Crippen molar-refractivity contribution in [1.29, 1.82) is 0 Å². The highest BCUT2D eigenvalue weighted by molar-refractivity contribution is 5.27. The first-order valence-electron chi connectivity index (χ1n) is 8.73. The van der Waals surface area contributed by atoms with Crippen LogP contribution in [0.3, 0.4) is 0 Å². The Labute approximate surface area is 145 Å². The van der Waals surface area contributed by atoms with Crippen molar-refractivity contribution < 1.29 is 4.74 Å². The molecule has 126 valence electrons. The van der Waals surface area contributed by atoms with Gasteiger partial charge in [0, 0.05) is 25.5 Å². The summed E-state index contributed by atoms with van der Waals surface area (Å²) in [6.07, 6.45) is 5.46. The van der Waals surface area contributed by atoms with E-state index in [2.05, 4.69) is 65.5 Å². The number of rotatable bonds is 7. The molecule has 0 amide bonds. The second-order valence-electron chi connectivity index (χ2n) is 6.18. The number of aryl methyl sites for hydroxylation is 1. The lowest BCUT2D eigenvalue weighted by molar-refractivity contribution is 0.254. The van der Waals surface area contributed by atoms with Gasteiger partial charge in [0.15, 0.2) is 0 Å². The van der Waals surface area contributed by atoms with E-state index in [1.807, 2.05) is 19.1 Å². The Balaban J connectivity index is 1.50. The summed E-state index contributed by atoms with van der Waals surface area (Å²) in [4.78, 5) is 4.67. The van der Waals surface area contributed by atoms with Crippen molar-refractivity contribution in [3.63, 3.8) is 0 Å². The maximum Gasteiger partial charge on any atom is 0.119 e. The molecule has 0 saturated carbocycles. The average molecular weight is 322 g/mol. The van der Waals surface area contributed by atoms with Crippen molar-refractivity contribution in [3.05, 3.63) is 77.6 Å². The van der Waals surface area contributed by atoms with Crippen LogP contribution in [0.4, 0.5) is 0 Å². The molecular weight excluding hydrogens is 296 g/mol. The fourth-order valence-corrected chi connectivity index (χ4v) is 2.93. The van der Waals surface area contributed by atoms with E-state index in [1.165, 1.54) is 16.7 Å². The molecule has 24 heavy (non-hydrogen) atoms. The van der Waals surface area contributed by atoms with E-state index in [0.29, 0.717) is 6.61 Å². The summed E-state index contributed by atoms with van der Waals surface area (Å²) in [6.45, 7) is 7.73. The molecule has 0 N–H and O–H groups in total. The van der Waals surface area contributed by atoms with Gasteiger partial charge in [-0.05, 0) is 42.2 Å². The van der Waals surface area contributed by atoms with Crippen LogP contribution in [0.25, 0.3) is 0 Å². The Morgan fingerprint density at radius 2 is 1.25 bits per heavy atom. The number of hydrogen-bond donors (Lipinski definition) is 0. The topological polar surface area (TPSA) is 15.7 Å². The zero-order chi connectivity index (χ0) is 16.8. The molecule has 1 aliphatic heterocycles. The summed E-state index contributed by atoms with van der Waals surface area (Å²) >= 11 is 0. The Bertz CT molecular complexity index is 661. The van der Waals surface area contributed by atoms with Crippen LogP contribution in [0.5, 0.6) is 5.75 Å². The van der Waals surface area contributed by atoms with Gasteiger partial charge in [0.05, 0.1) is 13.3 Å². The number of hydrogen-bond acceptors (Lipinski definition) is 3. The van der Waals surface area contributed by atoms with Gasteiger partial charge < -0.3 is 14.5 Å². The van der Waals surface area contributed by atoms with Crippen LogP contribution >= 0.6 is 0 Å². The second kappa shape index (κ2) is 7.91. The largest absolute Gasteiger partial charge is 0.494 e. The van der Waals surface area contributed by atoms with E-state index in [1.54, 1.807) is 0 Å². The lowest BCUT2D eigenvalue weighted by Gasteiger charge is -2.21.